The van der Waals surface area contributed by atoms with Gasteiger partial charge in [0.2, 0.25) is 0 Å². The average Bonchev–Trinajstić information content (AvgIpc) is 3.05. The van der Waals surface area contributed by atoms with Crippen molar-refractivity contribution in [2.24, 2.45) is 0 Å². The first-order valence-corrected chi connectivity index (χ1v) is 8.30. The van der Waals surface area contributed by atoms with E-state index in [4.69, 9.17) is 0 Å². The first-order valence-electron chi connectivity index (χ1n) is 8.30. The van der Waals surface area contributed by atoms with Gasteiger partial charge in [0.25, 0.3) is 5.56 Å². The van der Waals surface area contributed by atoms with Crippen LogP contribution in [0.2, 0.25) is 0 Å². The molecule has 24 heavy (non-hydrogen) atoms. The molecule has 2 heterocycles. The van der Waals surface area contributed by atoms with Gasteiger partial charge in [0.1, 0.15) is 0 Å². The van der Waals surface area contributed by atoms with E-state index in [-0.39, 0.29) is 5.56 Å². The number of nitrogens with zero attached hydrogens (tertiary/aromatic N) is 2. The van der Waals surface area contributed by atoms with Crippen LogP contribution in [0.4, 0.5) is 5.82 Å². The molecule has 0 amide bonds. The van der Waals surface area contributed by atoms with E-state index in [0.29, 0.717) is 11.4 Å². The smallest absolute Gasteiger partial charge is 0.272 e. The fourth-order valence-corrected chi connectivity index (χ4v) is 3.35. The molecule has 1 fully saturated rings. The first-order chi connectivity index (χ1) is 11.8. The van der Waals surface area contributed by atoms with Crippen molar-refractivity contribution in [3.05, 3.63) is 70.5 Å². The van der Waals surface area contributed by atoms with Crippen molar-refractivity contribution >= 4 is 16.6 Å². The lowest BCUT2D eigenvalue weighted by Gasteiger charge is -2.17. The highest BCUT2D eigenvalue weighted by molar-refractivity contribution is 5.90. The number of hydrogen-bond donors (Lipinski definition) is 2. The highest BCUT2D eigenvalue weighted by Crippen LogP contribution is 2.21. The Morgan fingerprint density at radius 2 is 1.83 bits per heavy atom. The second-order valence-corrected chi connectivity index (χ2v) is 6.30. The zero-order valence-corrected chi connectivity index (χ0v) is 13.4. The van der Waals surface area contributed by atoms with Crippen molar-refractivity contribution in [2.45, 2.75) is 19.0 Å². The molecule has 1 aliphatic rings. The van der Waals surface area contributed by atoms with Crippen LogP contribution in [0, 0.1) is 0 Å². The number of hydrogen-bond acceptors (Lipinski definition) is 4. The summed E-state index contributed by atoms with van der Waals surface area (Å²) in [6.07, 6.45) is 1.07. The van der Waals surface area contributed by atoms with Crippen LogP contribution in [0.5, 0.6) is 0 Å². The topological polar surface area (TPSA) is 61.0 Å². The van der Waals surface area contributed by atoms with E-state index in [1.807, 2.05) is 30.3 Å². The molecule has 2 N–H and O–H groups in total. The zero-order valence-electron chi connectivity index (χ0n) is 13.4. The van der Waals surface area contributed by atoms with Gasteiger partial charge in [-0.15, -0.1) is 0 Å². The van der Waals surface area contributed by atoms with Gasteiger partial charge in [-0.2, -0.15) is 5.10 Å². The van der Waals surface area contributed by atoms with Crippen LogP contribution in [0.15, 0.2) is 59.4 Å². The summed E-state index contributed by atoms with van der Waals surface area (Å²) in [5, 5.41) is 11.9. The van der Waals surface area contributed by atoms with Gasteiger partial charge in [-0.05, 0) is 18.1 Å². The first kappa shape index (κ1) is 14.9. The SMILES string of the molecule is O=c1[nH]nc(NC2CCN(Cc3ccccc3)C2)c2ccccc12. The van der Waals surface area contributed by atoms with E-state index >= 15 is 0 Å². The summed E-state index contributed by atoms with van der Waals surface area (Å²) in [6, 6.07) is 18.5. The maximum absolute atomic E-state index is 11.9. The predicted molar refractivity (Wildman–Crippen MR) is 96.1 cm³/mol. The molecule has 5 nitrogen and oxygen atoms in total. The Kier molecular flexibility index (Phi) is 4.01. The van der Waals surface area contributed by atoms with Crippen LogP contribution < -0.4 is 10.9 Å². The van der Waals surface area contributed by atoms with Gasteiger partial charge in [0, 0.05) is 31.1 Å². The molecular weight excluding hydrogens is 300 g/mol. The summed E-state index contributed by atoms with van der Waals surface area (Å²) >= 11 is 0. The van der Waals surface area contributed by atoms with Gasteiger partial charge in [0.15, 0.2) is 5.82 Å². The molecule has 122 valence electrons. The molecule has 1 atom stereocenters. The van der Waals surface area contributed by atoms with Crippen molar-refractivity contribution in [1.29, 1.82) is 0 Å². The lowest BCUT2D eigenvalue weighted by molar-refractivity contribution is 0.328. The van der Waals surface area contributed by atoms with E-state index < -0.39 is 0 Å². The van der Waals surface area contributed by atoms with Crippen molar-refractivity contribution in [2.75, 3.05) is 18.4 Å². The van der Waals surface area contributed by atoms with E-state index in [1.54, 1.807) is 0 Å². The monoisotopic (exact) mass is 320 g/mol. The van der Waals surface area contributed by atoms with E-state index in [9.17, 15) is 4.79 Å². The van der Waals surface area contributed by atoms with Gasteiger partial charge in [-0.1, -0.05) is 48.5 Å². The lowest BCUT2D eigenvalue weighted by Crippen LogP contribution is -2.27. The fourth-order valence-electron chi connectivity index (χ4n) is 3.35. The number of rotatable bonds is 4. The van der Waals surface area contributed by atoms with Crippen LogP contribution in [0.25, 0.3) is 10.8 Å². The lowest BCUT2D eigenvalue weighted by atomic mass is 10.1. The minimum absolute atomic E-state index is 0.145. The Bertz CT molecular complexity index is 891. The second kappa shape index (κ2) is 6.45. The molecule has 0 saturated carbocycles. The number of aromatic amines is 1. The van der Waals surface area contributed by atoms with Gasteiger partial charge in [-0.25, -0.2) is 5.10 Å². The van der Waals surface area contributed by atoms with Crippen molar-refractivity contribution in [3.8, 4) is 0 Å². The Hall–Kier alpha value is -2.66. The minimum atomic E-state index is -0.145. The molecule has 0 aliphatic carbocycles. The molecule has 0 bridgehead atoms. The number of H-pyrrole nitrogens is 1. The summed E-state index contributed by atoms with van der Waals surface area (Å²) in [4.78, 5) is 14.3. The molecule has 1 aliphatic heterocycles. The molecule has 5 heteroatoms. The Morgan fingerprint density at radius 3 is 2.67 bits per heavy atom. The van der Waals surface area contributed by atoms with Crippen LogP contribution in [-0.2, 0) is 6.54 Å². The Balaban J connectivity index is 1.47. The highest BCUT2D eigenvalue weighted by Gasteiger charge is 2.23. The van der Waals surface area contributed by atoms with Gasteiger partial charge >= 0.3 is 0 Å². The molecule has 1 aromatic heterocycles. The Labute approximate surface area is 140 Å². The number of likely N-dealkylation sites (tertiary alicyclic amines) is 1. The van der Waals surface area contributed by atoms with Gasteiger partial charge in [-0.3, -0.25) is 9.69 Å². The largest absolute Gasteiger partial charge is 0.364 e. The second-order valence-electron chi connectivity index (χ2n) is 6.30. The van der Waals surface area contributed by atoms with Crippen LogP contribution in [-0.4, -0.2) is 34.2 Å². The van der Waals surface area contributed by atoms with E-state index in [0.717, 1.165) is 37.3 Å². The summed E-state index contributed by atoms with van der Waals surface area (Å²) in [5.41, 5.74) is 1.19. The van der Waals surface area contributed by atoms with Crippen LogP contribution in [0.1, 0.15) is 12.0 Å². The number of nitrogens with one attached hydrogen (secondary N) is 2. The quantitative estimate of drug-likeness (QED) is 0.776. The van der Waals surface area contributed by atoms with Crippen molar-refractivity contribution in [1.82, 2.24) is 15.1 Å². The van der Waals surface area contributed by atoms with Crippen molar-refractivity contribution < 1.29 is 0 Å². The Morgan fingerprint density at radius 1 is 1.08 bits per heavy atom. The number of anilines is 1. The summed E-state index contributed by atoms with van der Waals surface area (Å²) in [7, 11) is 0. The van der Waals surface area contributed by atoms with E-state index in [2.05, 4.69) is 44.7 Å². The summed E-state index contributed by atoms with van der Waals surface area (Å²) in [5.74, 6) is 0.761. The average molecular weight is 320 g/mol. The third-order valence-electron chi connectivity index (χ3n) is 4.56. The van der Waals surface area contributed by atoms with Gasteiger partial charge < -0.3 is 5.32 Å². The minimum Gasteiger partial charge on any atom is -0.364 e. The summed E-state index contributed by atoms with van der Waals surface area (Å²) in [6.45, 7) is 3.01. The molecule has 0 radical (unpaired) electrons. The summed E-state index contributed by atoms with van der Waals surface area (Å²) < 4.78 is 0. The van der Waals surface area contributed by atoms with Crippen molar-refractivity contribution in [3.63, 3.8) is 0 Å². The molecule has 0 spiro atoms. The van der Waals surface area contributed by atoms with Crippen LogP contribution in [0.3, 0.4) is 0 Å². The molecule has 1 saturated heterocycles. The third-order valence-corrected chi connectivity index (χ3v) is 4.56. The van der Waals surface area contributed by atoms with E-state index in [1.165, 1.54) is 5.56 Å². The molecule has 4 rings (SSSR count). The molecule has 1 unspecified atom stereocenters. The van der Waals surface area contributed by atoms with Gasteiger partial charge in [0.05, 0.1) is 5.39 Å². The number of aromatic nitrogens is 2. The molecule has 2 aromatic carbocycles. The molecule has 3 aromatic rings. The number of benzene rings is 2. The predicted octanol–water partition coefficient (Wildman–Crippen LogP) is 2.61. The maximum atomic E-state index is 11.9. The molecular formula is C19H20N4O. The maximum Gasteiger partial charge on any atom is 0.272 e. The zero-order chi connectivity index (χ0) is 16.4. The highest BCUT2D eigenvalue weighted by atomic mass is 16.1. The normalized spacial score (nSPS) is 18.1. The van der Waals surface area contributed by atoms with Crippen LogP contribution >= 0.6 is 0 Å². The fraction of sp³-hybridized carbons (Fsp3) is 0.263. The number of fused-ring (bicyclic) bond motifs is 1. The standard InChI is InChI=1S/C19H20N4O/c24-19-17-9-5-4-8-16(17)18(21-22-19)20-15-10-11-23(13-15)12-14-6-2-1-3-7-14/h1-9,15H,10-13H2,(H,20,21)(H,22,24). The third kappa shape index (κ3) is 3.03.